The molecule has 6 nitrogen and oxygen atoms in total. The molecule has 1 saturated heterocycles. The van der Waals surface area contributed by atoms with Crippen molar-refractivity contribution in [2.24, 2.45) is 5.92 Å². The first-order chi connectivity index (χ1) is 13.7. The van der Waals surface area contributed by atoms with Crippen LogP contribution in [0.4, 0.5) is 5.69 Å². The summed E-state index contributed by atoms with van der Waals surface area (Å²) in [7, 11) is -2.33. The number of nitrogens with zero attached hydrogens (tertiary/aromatic N) is 1. The van der Waals surface area contributed by atoms with E-state index >= 15 is 0 Å². The van der Waals surface area contributed by atoms with Gasteiger partial charge in [0.05, 0.1) is 33.0 Å². The number of hydrogen-bond acceptors (Lipinski definition) is 4. The molecule has 1 aliphatic rings. The Labute approximate surface area is 184 Å². The maximum Gasteiger partial charge on any atom is 0.243 e. The highest BCUT2D eigenvalue weighted by atomic mass is 35.5. The largest absolute Gasteiger partial charge is 0.495 e. The van der Waals surface area contributed by atoms with E-state index in [1.165, 1.54) is 29.6 Å². The van der Waals surface area contributed by atoms with Gasteiger partial charge in [-0.2, -0.15) is 4.31 Å². The highest BCUT2D eigenvalue weighted by Crippen LogP contribution is 2.31. The number of benzene rings is 2. The maximum absolute atomic E-state index is 13.0. The number of anilines is 1. The molecule has 1 heterocycles. The van der Waals surface area contributed by atoms with Crippen LogP contribution in [-0.4, -0.2) is 38.8 Å². The summed E-state index contributed by atoms with van der Waals surface area (Å²) in [6, 6.07) is 9.09. The van der Waals surface area contributed by atoms with Gasteiger partial charge in [-0.25, -0.2) is 8.42 Å². The topological polar surface area (TPSA) is 75.7 Å². The Bertz CT molecular complexity index is 1030. The molecule has 0 bridgehead atoms. The van der Waals surface area contributed by atoms with Crippen LogP contribution in [0.25, 0.3) is 0 Å². The van der Waals surface area contributed by atoms with Gasteiger partial charge in [0.25, 0.3) is 0 Å². The summed E-state index contributed by atoms with van der Waals surface area (Å²) in [5.74, 6) is -0.360. The fourth-order valence-corrected chi connectivity index (χ4v) is 5.32. The maximum atomic E-state index is 13.0. The van der Waals surface area contributed by atoms with Crippen molar-refractivity contribution in [2.45, 2.75) is 17.7 Å². The minimum atomic E-state index is -3.79. The number of piperidine rings is 1. The van der Waals surface area contributed by atoms with E-state index in [0.29, 0.717) is 40.9 Å². The van der Waals surface area contributed by atoms with Crippen molar-refractivity contribution < 1.29 is 17.9 Å². The molecule has 156 valence electrons. The predicted molar refractivity (Wildman–Crippen MR) is 115 cm³/mol. The average molecular weight is 478 g/mol. The summed E-state index contributed by atoms with van der Waals surface area (Å²) in [6.07, 6.45) is 1.16. The third kappa shape index (κ3) is 4.98. The molecular weight excluding hydrogens is 459 g/mol. The van der Waals surface area contributed by atoms with Gasteiger partial charge >= 0.3 is 0 Å². The SMILES string of the molecule is COc1ccc(S(=O)(=O)N2CCC[C@H](C(=O)Nc3ccc(Cl)c(Cl)c3)C2)cc1Cl. The third-order valence-corrected chi connectivity index (χ3v) is 7.60. The lowest BCUT2D eigenvalue weighted by Crippen LogP contribution is -2.43. The summed E-state index contributed by atoms with van der Waals surface area (Å²) in [5, 5.41) is 3.70. The number of sulfonamides is 1. The van der Waals surface area contributed by atoms with E-state index in [1.807, 2.05) is 0 Å². The average Bonchev–Trinajstić information content (AvgIpc) is 2.70. The first-order valence-corrected chi connectivity index (χ1v) is 11.4. The summed E-state index contributed by atoms with van der Waals surface area (Å²) >= 11 is 17.9. The lowest BCUT2D eigenvalue weighted by atomic mass is 9.99. The Morgan fingerprint density at radius 1 is 1.10 bits per heavy atom. The van der Waals surface area contributed by atoms with E-state index in [4.69, 9.17) is 39.5 Å². The highest BCUT2D eigenvalue weighted by molar-refractivity contribution is 7.89. The molecule has 0 radical (unpaired) electrons. The van der Waals surface area contributed by atoms with Crippen LogP contribution in [0.1, 0.15) is 12.8 Å². The molecule has 3 rings (SSSR count). The van der Waals surface area contributed by atoms with Gasteiger partial charge in [-0.05, 0) is 49.2 Å². The van der Waals surface area contributed by atoms with Gasteiger partial charge in [-0.3, -0.25) is 4.79 Å². The number of carbonyl (C=O) groups excluding carboxylic acids is 1. The Morgan fingerprint density at radius 3 is 2.52 bits per heavy atom. The second kappa shape index (κ2) is 9.10. The Morgan fingerprint density at radius 2 is 1.86 bits per heavy atom. The monoisotopic (exact) mass is 476 g/mol. The van der Waals surface area contributed by atoms with Crippen LogP contribution >= 0.6 is 34.8 Å². The van der Waals surface area contributed by atoms with Crippen LogP contribution < -0.4 is 10.1 Å². The van der Waals surface area contributed by atoms with Gasteiger partial charge in [0, 0.05) is 18.8 Å². The molecule has 0 saturated carbocycles. The number of ether oxygens (including phenoxy) is 1. The zero-order valence-corrected chi connectivity index (χ0v) is 18.6. The number of rotatable bonds is 5. The van der Waals surface area contributed by atoms with Crippen LogP contribution in [-0.2, 0) is 14.8 Å². The molecule has 1 atom stereocenters. The van der Waals surface area contributed by atoms with Crippen LogP contribution in [0.2, 0.25) is 15.1 Å². The standard InChI is InChI=1S/C19H19Cl3N2O4S/c1-28-18-7-5-14(10-17(18)22)29(26,27)24-8-2-3-12(11-24)19(25)23-13-4-6-15(20)16(21)9-13/h4-7,9-10,12H,2-3,8,11H2,1H3,(H,23,25)/t12-/m0/s1. The summed E-state index contributed by atoms with van der Waals surface area (Å²) in [6.45, 7) is 0.418. The zero-order valence-electron chi connectivity index (χ0n) is 15.5. The van der Waals surface area contributed by atoms with Gasteiger partial charge < -0.3 is 10.1 Å². The van der Waals surface area contributed by atoms with E-state index in [9.17, 15) is 13.2 Å². The van der Waals surface area contributed by atoms with Crippen molar-refractivity contribution in [3.8, 4) is 5.75 Å². The number of halogens is 3. The molecule has 1 fully saturated rings. The molecular formula is C19H19Cl3N2O4S. The zero-order chi connectivity index (χ0) is 21.2. The van der Waals surface area contributed by atoms with Crippen molar-refractivity contribution in [3.05, 3.63) is 51.5 Å². The van der Waals surface area contributed by atoms with Gasteiger partial charge in [0.1, 0.15) is 5.75 Å². The normalized spacial score (nSPS) is 17.7. The second-order valence-corrected chi connectivity index (χ2v) is 9.78. The molecule has 29 heavy (non-hydrogen) atoms. The smallest absolute Gasteiger partial charge is 0.243 e. The lowest BCUT2D eigenvalue weighted by Gasteiger charge is -2.31. The van der Waals surface area contributed by atoms with Gasteiger partial charge in [-0.15, -0.1) is 0 Å². The van der Waals surface area contributed by atoms with Crippen LogP contribution in [0.5, 0.6) is 5.75 Å². The molecule has 2 aromatic carbocycles. The summed E-state index contributed by atoms with van der Waals surface area (Å²) < 4.78 is 32.4. The lowest BCUT2D eigenvalue weighted by molar-refractivity contribution is -0.120. The predicted octanol–water partition coefficient (Wildman–Crippen LogP) is 4.69. The third-order valence-electron chi connectivity index (χ3n) is 4.70. The molecule has 1 aliphatic heterocycles. The fraction of sp³-hybridized carbons (Fsp3) is 0.316. The Kier molecular flexibility index (Phi) is 6.96. The molecule has 0 spiro atoms. The van der Waals surface area contributed by atoms with E-state index in [2.05, 4.69) is 5.32 Å². The number of hydrogen-bond donors (Lipinski definition) is 1. The van der Waals surface area contributed by atoms with E-state index in [-0.39, 0.29) is 22.4 Å². The van der Waals surface area contributed by atoms with Gasteiger partial charge in [0.15, 0.2) is 0 Å². The van der Waals surface area contributed by atoms with E-state index in [0.717, 1.165) is 0 Å². The first kappa shape index (κ1) is 22.2. The van der Waals surface area contributed by atoms with Crippen molar-refractivity contribution in [3.63, 3.8) is 0 Å². The quantitative estimate of drug-likeness (QED) is 0.677. The highest BCUT2D eigenvalue weighted by Gasteiger charge is 2.33. The van der Waals surface area contributed by atoms with Crippen LogP contribution in [0, 0.1) is 5.92 Å². The molecule has 0 unspecified atom stereocenters. The Hall–Kier alpha value is -1.51. The van der Waals surface area contributed by atoms with Crippen molar-refractivity contribution in [1.82, 2.24) is 4.31 Å². The van der Waals surface area contributed by atoms with Gasteiger partial charge in [-0.1, -0.05) is 34.8 Å². The molecule has 1 N–H and O–H groups in total. The molecule has 1 amide bonds. The number of nitrogens with one attached hydrogen (secondary N) is 1. The van der Waals surface area contributed by atoms with Crippen molar-refractivity contribution in [1.29, 1.82) is 0 Å². The fourth-order valence-electron chi connectivity index (χ4n) is 3.15. The van der Waals surface area contributed by atoms with Gasteiger partial charge in [0.2, 0.25) is 15.9 Å². The molecule has 2 aromatic rings. The molecule has 0 aliphatic carbocycles. The Balaban J connectivity index is 1.74. The summed E-state index contributed by atoms with van der Waals surface area (Å²) in [5.41, 5.74) is 0.506. The number of methoxy groups -OCH3 is 1. The van der Waals surface area contributed by atoms with Crippen molar-refractivity contribution in [2.75, 3.05) is 25.5 Å². The van der Waals surface area contributed by atoms with Crippen LogP contribution in [0.3, 0.4) is 0 Å². The second-order valence-electron chi connectivity index (χ2n) is 6.62. The van der Waals surface area contributed by atoms with Crippen LogP contribution in [0.15, 0.2) is 41.3 Å². The minimum absolute atomic E-state index is 0.0637. The first-order valence-electron chi connectivity index (χ1n) is 8.82. The van der Waals surface area contributed by atoms with E-state index < -0.39 is 15.9 Å². The molecule has 10 heteroatoms. The van der Waals surface area contributed by atoms with Crippen molar-refractivity contribution >= 4 is 56.4 Å². The minimum Gasteiger partial charge on any atom is -0.495 e. The summed E-state index contributed by atoms with van der Waals surface area (Å²) in [4.78, 5) is 12.7. The van der Waals surface area contributed by atoms with E-state index in [1.54, 1.807) is 18.2 Å². The molecule has 0 aromatic heterocycles. The number of amides is 1. The number of carbonyl (C=O) groups is 1.